The second-order valence-corrected chi connectivity index (χ2v) is 5.76. The maximum atomic E-state index is 12.7. The minimum atomic E-state index is -4.81. The molecule has 0 fully saturated rings. The lowest BCUT2D eigenvalue weighted by molar-refractivity contribution is -0.275. The number of aromatic nitrogens is 2. The summed E-state index contributed by atoms with van der Waals surface area (Å²) >= 11 is 0. The van der Waals surface area contributed by atoms with Crippen LogP contribution < -0.4 is 15.2 Å². The molecule has 3 aromatic rings. The molecule has 0 saturated heterocycles. The SMILES string of the molecule is Cl.NCCn1cc(-c2ccc(OC(F)(F)F)c(OCc3ccccc3)c2)cn1. The Hall–Kier alpha value is -2.71. The molecule has 0 aliphatic rings. The fourth-order valence-corrected chi connectivity index (χ4v) is 2.51. The van der Waals surface area contributed by atoms with Gasteiger partial charge in [-0.2, -0.15) is 5.10 Å². The lowest BCUT2D eigenvalue weighted by Gasteiger charge is -2.15. The first-order valence-corrected chi connectivity index (χ1v) is 8.24. The second-order valence-electron chi connectivity index (χ2n) is 5.76. The molecule has 9 heteroatoms. The zero-order chi connectivity index (χ0) is 19.3. The van der Waals surface area contributed by atoms with Gasteiger partial charge in [0.2, 0.25) is 0 Å². The predicted octanol–water partition coefficient (Wildman–Crippen LogP) is 4.41. The Morgan fingerprint density at radius 3 is 2.43 bits per heavy atom. The average molecular weight is 414 g/mol. The van der Waals surface area contributed by atoms with E-state index in [0.717, 1.165) is 11.1 Å². The molecule has 0 spiro atoms. The Bertz CT molecular complexity index is 886. The van der Waals surface area contributed by atoms with Crippen LogP contribution in [0.25, 0.3) is 11.1 Å². The number of benzene rings is 2. The third-order valence-corrected chi connectivity index (χ3v) is 3.73. The van der Waals surface area contributed by atoms with Crippen LogP contribution in [0.2, 0.25) is 0 Å². The number of rotatable bonds is 7. The summed E-state index contributed by atoms with van der Waals surface area (Å²) in [5, 5.41) is 4.17. The molecular weight excluding hydrogens is 395 g/mol. The molecule has 150 valence electrons. The number of nitrogens with two attached hydrogens (primary N) is 1. The van der Waals surface area contributed by atoms with Gasteiger partial charge >= 0.3 is 6.36 Å². The van der Waals surface area contributed by atoms with Crippen LogP contribution in [0.15, 0.2) is 60.9 Å². The summed E-state index contributed by atoms with van der Waals surface area (Å²) in [6, 6.07) is 13.4. The Labute approximate surface area is 166 Å². The van der Waals surface area contributed by atoms with Crippen LogP contribution in [0.1, 0.15) is 5.56 Å². The van der Waals surface area contributed by atoms with E-state index in [-0.39, 0.29) is 24.8 Å². The van der Waals surface area contributed by atoms with Crippen molar-refractivity contribution in [1.29, 1.82) is 0 Å². The van der Waals surface area contributed by atoms with E-state index in [0.29, 0.717) is 18.7 Å². The molecule has 2 N–H and O–H groups in total. The Balaban J connectivity index is 0.00000280. The molecule has 0 radical (unpaired) electrons. The Morgan fingerprint density at radius 2 is 1.75 bits per heavy atom. The van der Waals surface area contributed by atoms with E-state index in [1.807, 2.05) is 30.3 Å². The highest BCUT2D eigenvalue weighted by Crippen LogP contribution is 2.36. The van der Waals surface area contributed by atoms with Crippen molar-refractivity contribution in [2.45, 2.75) is 19.5 Å². The monoisotopic (exact) mass is 413 g/mol. The number of hydrogen-bond donors (Lipinski definition) is 1. The van der Waals surface area contributed by atoms with E-state index in [4.69, 9.17) is 10.5 Å². The van der Waals surface area contributed by atoms with Crippen molar-refractivity contribution >= 4 is 12.4 Å². The van der Waals surface area contributed by atoms with Gasteiger partial charge in [0, 0.05) is 18.3 Å². The largest absolute Gasteiger partial charge is 0.573 e. The van der Waals surface area contributed by atoms with Crippen molar-refractivity contribution in [1.82, 2.24) is 9.78 Å². The highest BCUT2D eigenvalue weighted by molar-refractivity contribution is 5.85. The summed E-state index contributed by atoms with van der Waals surface area (Å²) in [4.78, 5) is 0. The van der Waals surface area contributed by atoms with Gasteiger partial charge in [-0.25, -0.2) is 0 Å². The van der Waals surface area contributed by atoms with Crippen molar-refractivity contribution < 1.29 is 22.6 Å². The molecule has 0 aliphatic heterocycles. The van der Waals surface area contributed by atoms with Gasteiger partial charge in [-0.1, -0.05) is 36.4 Å². The molecule has 3 rings (SSSR count). The molecule has 0 amide bonds. The van der Waals surface area contributed by atoms with Crippen LogP contribution in [-0.2, 0) is 13.2 Å². The third kappa shape index (κ3) is 5.90. The van der Waals surface area contributed by atoms with E-state index in [1.165, 1.54) is 18.2 Å². The summed E-state index contributed by atoms with van der Waals surface area (Å²) in [7, 11) is 0. The molecule has 1 aromatic heterocycles. The molecule has 2 aromatic carbocycles. The highest BCUT2D eigenvalue weighted by atomic mass is 35.5. The maximum absolute atomic E-state index is 12.7. The van der Waals surface area contributed by atoms with Crippen LogP contribution in [0.3, 0.4) is 0 Å². The minimum absolute atomic E-state index is 0. The smallest absolute Gasteiger partial charge is 0.485 e. The van der Waals surface area contributed by atoms with Crippen LogP contribution in [-0.4, -0.2) is 22.7 Å². The van der Waals surface area contributed by atoms with Crippen LogP contribution in [0.4, 0.5) is 13.2 Å². The summed E-state index contributed by atoms with van der Waals surface area (Å²) < 4.78 is 49.5. The minimum Gasteiger partial charge on any atom is -0.485 e. The summed E-state index contributed by atoms with van der Waals surface area (Å²) in [5.41, 5.74) is 7.74. The van der Waals surface area contributed by atoms with Crippen molar-refractivity contribution in [3.8, 4) is 22.6 Å². The number of nitrogens with zero attached hydrogens (tertiary/aromatic N) is 2. The molecular formula is C19H19ClF3N3O2. The van der Waals surface area contributed by atoms with Gasteiger partial charge < -0.3 is 15.2 Å². The molecule has 0 saturated carbocycles. The Kier molecular flexibility index (Phi) is 7.31. The van der Waals surface area contributed by atoms with E-state index >= 15 is 0 Å². The summed E-state index contributed by atoms with van der Waals surface area (Å²) in [6.45, 7) is 1.10. The van der Waals surface area contributed by atoms with Gasteiger partial charge in [-0.3, -0.25) is 4.68 Å². The van der Waals surface area contributed by atoms with Crippen molar-refractivity contribution in [3.05, 3.63) is 66.5 Å². The van der Waals surface area contributed by atoms with E-state index in [9.17, 15) is 13.2 Å². The standard InChI is InChI=1S/C19H18F3N3O2.ClH/c20-19(21,22)27-17-7-6-15(16-11-24-25(12-16)9-8-23)10-18(17)26-13-14-4-2-1-3-5-14;/h1-7,10-12H,8-9,13,23H2;1H. The van der Waals surface area contributed by atoms with Crippen LogP contribution in [0, 0.1) is 0 Å². The predicted molar refractivity (Wildman–Crippen MR) is 101 cm³/mol. The molecule has 28 heavy (non-hydrogen) atoms. The van der Waals surface area contributed by atoms with Gasteiger partial charge in [0.25, 0.3) is 0 Å². The van der Waals surface area contributed by atoms with Gasteiger partial charge in [-0.05, 0) is 23.3 Å². The van der Waals surface area contributed by atoms with E-state index in [2.05, 4.69) is 9.84 Å². The molecule has 0 bridgehead atoms. The van der Waals surface area contributed by atoms with Crippen molar-refractivity contribution in [3.63, 3.8) is 0 Å². The normalized spacial score (nSPS) is 11.0. The first-order valence-electron chi connectivity index (χ1n) is 8.24. The summed E-state index contributed by atoms with van der Waals surface area (Å²) in [5.74, 6) is -0.392. The zero-order valence-electron chi connectivity index (χ0n) is 14.7. The molecule has 0 unspecified atom stereocenters. The van der Waals surface area contributed by atoms with E-state index in [1.54, 1.807) is 17.1 Å². The number of ether oxygens (including phenoxy) is 2. The number of hydrogen-bond acceptors (Lipinski definition) is 4. The molecule has 0 aliphatic carbocycles. The lowest BCUT2D eigenvalue weighted by atomic mass is 10.1. The van der Waals surface area contributed by atoms with Gasteiger partial charge in [0.15, 0.2) is 11.5 Å². The average Bonchev–Trinajstić information content (AvgIpc) is 3.09. The van der Waals surface area contributed by atoms with Crippen LogP contribution >= 0.6 is 12.4 Å². The Morgan fingerprint density at radius 1 is 1.00 bits per heavy atom. The van der Waals surface area contributed by atoms with E-state index < -0.39 is 12.1 Å². The van der Waals surface area contributed by atoms with Crippen molar-refractivity contribution in [2.75, 3.05) is 6.54 Å². The zero-order valence-corrected chi connectivity index (χ0v) is 15.5. The van der Waals surface area contributed by atoms with Crippen LogP contribution in [0.5, 0.6) is 11.5 Å². The fraction of sp³-hybridized carbons (Fsp3) is 0.211. The van der Waals surface area contributed by atoms with Gasteiger partial charge in [0.1, 0.15) is 6.61 Å². The maximum Gasteiger partial charge on any atom is 0.573 e. The topological polar surface area (TPSA) is 62.3 Å². The summed E-state index contributed by atoms with van der Waals surface area (Å²) in [6.07, 6.45) is -1.41. The van der Waals surface area contributed by atoms with Gasteiger partial charge in [-0.15, -0.1) is 25.6 Å². The third-order valence-electron chi connectivity index (χ3n) is 3.73. The first-order chi connectivity index (χ1) is 12.9. The van der Waals surface area contributed by atoms with Gasteiger partial charge in [0.05, 0.1) is 12.7 Å². The second kappa shape index (κ2) is 9.48. The molecule has 5 nitrogen and oxygen atoms in total. The fourth-order valence-electron chi connectivity index (χ4n) is 2.51. The molecule has 1 heterocycles. The quantitative estimate of drug-likeness (QED) is 0.623. The number of alkyl halides is 3. The molecule has 0 atom stereocenters. The highest BCUT2D eigenvalue weighted by Gasteiger charge is 2.32. The lowest BCUT2D eigenvalue weighted by Crippen LogP contribution is -2.17. The number of halogens is 4. The van der Waals surface area contributed by atoms with Crippen molar-refractivity contribution in [2.24, 2.45) is 5.73 Å². The first kappa shape index (κ1) is 21.6.